The van der Waals surface area contributed by atoms with Crippen LogP contribution in [0.1, 0.15) is 30.4 Å². The van der Waals surface area contributed by atoms with Crippen LogP contribution >= 0.6 is 15.9 Å². The monoisotopic (exact) mass is 587 g/mol. The maximum atomic E-state index is 14.1. The van der Waals surface area contributed by atoms with Gasteiger partial charge in [0.25, 0.3) is 0 Å². The highest BCUT2D eigenvalue weighted by atomic mass is 79.9. The number of halogens is 1. The van der Waals surface area contributed by atoms with E-state index in [4.69, 9.17) is 14.2 Å². The Morgan fingerprint density at radius 2 is 1.30 bits per heavy atom. The van der Waals surface area contributed by atoms with Gasteiger partial charge in [-0.1, -0.05) is 46.3 Å². The van der Waals surface area contributed by atoms with Crippen LogP contribution in [0, 0.1) is 0 Å². The molecule has 0 radical (unpaired) electrons. The molecule has 0 aliphatic carbocycles. The lowest BCUT2D eigenvalue weighted by atomic mass is 10.2. The van der Waals surface area contributed by atoms with Crippen LogP contribution in [0.3, 0.4) is 0 Å². The van der Waals surface area contributed by atoms with Crippen LogP contribution in [0.25, 0.3) is 0 Å². The summed E-state index contributed by atoms with van der Waals surface area (Å²) >= 11 is 3.41. The Bertz CT molecular complexity index is 1160. The van der Waals surface area contributed by atoms with Gasteiger partial charge in [0.2, 0.25) is 10.0 Å². The van der Waals surface area contributed by atoms with Crippen molar-refractivity contribution in [1.82, 2.24) is 4.31 Å². The van der Waals surface area contributed by atoms with Crippen LogP contribution < -0.4 is 14.2 Å². The van der Waals surface area contributed by atoms with Gasteiger partial charge in [0.05, 0.1) is 26.1 Å². The number of ether oxygens (including phenoxy) is 3. The van der Waals surface area contributed by atoms with Gasteiger partial charge < -0.3 is 14.2 Å². The summed E-state index contributed by atoms with van der Waals surface area (Å²) in [5.41, 5.74) is 1.76. The van der Waals surface area contributed by atoms with Crippen molar-refractivity contribution in [3.8, 4) is 17.2 Å². The Labute approximate surface area is 229 Å². The number of hydrogen-bond acceptors (Lipinski definition) is 5. The molecule has 0 bridgehead atoms. The molecule has 1 unspecified atom stereocenters. The molecule has 6 nitrogen and oxygen atoms in total. The van der Waals surface area contributed by atoms with Gasteiger partial charge in [0.1, 0.15) is 17.2 Å². The van der Waals surface area contributed by atoms with E-state index >= 15 is 0 Å². The predicted octanol–water partition coefficient (Wildman–Crippen LogP) is 6.60. The first kappa shape index (κ1) is 28.8. The van der Waals surface area contributed by atoms with Gasteiger partial charge in [0.15, 0.2) is 0 Å². The minimum atomic E-state index is -3.69. The van der Waals surface area contributed by atoms with Crippen molar-refractivity contribution in [3.05, 3.63) is 101 Å². The number of hydrogen-bond donors (Lipinski definition) is 0. The van der Waals surface area contributed by atoms with E-state index in [1.54, 1.807) is 24.6 Å². The molecule has 0 aliphatic heterocycles. The van der Waals surface area contributed by atoms with Crippen molar-refractivity contribution in [2.24, 2.45) is 0 Å². The van der Waals surface area contributed by atoms with E-state index < -0.39 is 15.3 Å². The standard InChI is InChI=1S/C29H34BrNO5S/c1-4-5-6-29(19-20-36-28-17-11-25(30)12-18-28)37(32,33)31(21-23-7-13-26(34-2)14-8-23)22-24-9-15-27(35-3)16-10-24/h4,7-18,29H,1,5-6,19-22H2,2-3H3. The molecular formula is C29H34BrNO5S. The van der Waals surface area contributed by atoms with Gasteiger partial charge in [-0.15, -0.1) is 6.58 Å². The Morgan fingerprint density at radius 3 is 1.76 bits per heavy atom. The summed E-state index contributed by atoms with van der Waals surface area (Å²) in [4.78, 5) is 0. The second-order valence-electron chi connectivity index (χ2n) is 8.59. The summed E-state index contributed by atoms with van der Waals surface area (Å²) in [6, 6.07) is 22.4. The van der Waals surface area contributed by atoms with Gasteiger partial charge in [0, 0.05) is 17.6 Å². The molecule has 0 fully saturated rings. The predicted molar refractivity (Wildman–Crippen MR) is 152 cm³/mol. The highest BCUT2D eigenvalue weighted by Gasteiger charge is 2.32. The Balaban J connectivity index is 1.83. The minimum absolute atomic E-state index is 0.247. The molecule has 0 heterocycles. The number of benzene rings is 3. The van der Waals surface area contributed by atoms with Crippen LogP contribution in [-0.2, 0) is 23.1 Å². The molecule has 1 atom stereocenters. The maximum Gasteiger partial charge on any atom is 0.217 e. The average molecular weight is 589 g/mol. The Kier molecular flexibility index (Phi) is 11.0. The normalized spacial score (nSPS) is 12.2. The third-order valence-electron chi connectivity index (χ3n) is 6.03. The van der Waals surface area contributed by atoms with Crippen LogP contribution in [0.5, 0.6) is 17.2 Å². The van der Waals surface area contributed by atoms with Gasteiger partial charge in [-0.05, 0) is 78.9 Å². The zero-order chi connectivity index (χ0) is 26.7. The second-order valence-corrected chi connectivity index (χ2v) is 11.7. The number of methoxy groups -OCH3 is 2. The van der Waals surface area contributed by atoms with Crippen LogP contribution in [0.15, 0.2) is 89.9 Å². The van der Waals surface area contributed by atoms with E-state index in [0.717, 1.165) is 27.1 Å². The van der Waals surface area contributed by atoms with Crippen molar-refractivity contribution >= 4 is 26.0 Å². The third kappa shape index (κ3) is 8.62. The number of allylic oxidation sites excluding steroid dienone is 1. The first-order chi connectivity index (χ1) is 17.8. The quantitative estimate of drug-likeness (QED) is 0.187. The largest absolute Gasteiger partial charge is 0.497 e. The lowest BCUT2D eigenvalue weighted by Crippen LogP contribution is -2.39. The number of nitrogens with zero attached hydrogens (tertiary/aromatic N) is 1. The van der Waals surface area contributed by atoms with E-state index in [1.165, 1.54) is 0 Å². The van der Waals surface area contributed by atoms with Gasteiger partial charge in [-0.2, -0.15) is 4.31 Å². The van der Waals surface area contributed by atoms with Crippen LogP contribution in [0.2, 0.25) is 0 Å². The maximum absolute atomic E-state index is 14.1. The van der Waals surface area contributed by atoms with Crippen LogP contribution in [0.4, 0.5) is 0 Å². The van der Waals surface area contributed by atoms with Gasteiger partial charge in [-0.3, -0.25) is 0 Å². The van der Waals surface area contributed by atoms with E-state index in [0.29, 0.717) is 31.6 Å². The topological polar surface area (TPSA) is 65.1 Å². The third-order valence-corrected chi connectivity index (χ3v) is 8.85. The highest BCUT2D eigenvalue weighted by molar-refractivity contribution is 9.10. The van der Waals surface area contributed by atoms with Gasteiger partial charge in [-0.25, -0.2) is 8.42 Å². The fourth-order valence-corrected chi connectivity index (χ4v) is 6.07. The molecule has 0 saturated carbocycles. The number of rotatable bonds is 15. The molecule has 0 aromatic heterocycles. The molecule has 3 aromatic rings. The molecule has 3 rings (SSSR count). The Hall–Kier alpha value is -2.81. The molecule has 3 aromatic carbocycles. The summed E-state index contributed by atoms with van der Waals surface area (Å²) in [5, 5.41) is -0.613. The van der Waals surface area contributed by atoms with Crippen molar-refractivity contribution in [1.29, 1.82) is 0 Å². The minimum Gasteiger partial charge on any atom is -0.497 e. The summed E-state index contributed by atoms with van der Waals surface area (Å²) in [6.45, 7) is 4.58. The van der Waals surface area contributed by atoms with E-state index in [1.807, 2.05) is 72.8 Å². The lowest BCUT2D eigenvalue weighted by molar-refractivity contribution is 0.300. The smallest absolute Gasteiger partial charge is 0.217 e. The molecule has 37 heavy (non-hydrogen) atoms. The zero-order valence-corrected chi connectivity index (χ0v) is 23.7. The van der Waals surface area contributed by atoms with Crippen molar-refractivity contribution in [2.75, 3.05) is 20.8 Å². The summed E-state index contributed by atoms with van der Waals surface area (Å²) in [6.07, 6.45) is 3.20. The fraction of sp³-hybridized carbons (Fsp3) is 0.310. The summed E-state index contributed by atoms with van der Waals surface area (Å²) < 4.78 is 47.0. The molecule has 0 aliphatic rings. The first-order valence-electron chi connectivity index (χ1n) is 12.1. The lowest BCUT2D eigenvalue weighted by Gasteiger charge is -2.28. The number of sulfonamides is 1. The summed E-state index contributed by atoms with van der Waals surface area (Å²) in [5.74, 6) is 2.15. The van der Waals surface area contributed by atoms with Gasteiger partial charge >= 0.3 is 0 Å². The first-order valence-corrected chi connectivity index (χ1v) is 14.4. The molecule has 0 spiro atoms. The Morgan fingerprint density at radius 1 is 0.811 bits per heavy atom. The molecule has 0 amide bonds. The molecule has 0 N–H and O–H groups in total. The van der Waals surface area contributed by atoms with Crippen molar-refractivity contribution in [2.45, 2.75) is 37.6 Å². The fourth-order valence-electron chi connectivity index (χ4n) is 3.90. The van der Waals surface area contributed by atoms with Crippen LogP contribution in [-0.4, -0.2) is 38.8 Å². The van der Waals surface area contributed by atoms with E-state index in [-0.39, 0.29) is 13.1 Å². The average Bonchev–Trinajstić information content (AvgIpc) is 2.92. The van der Waals surface area contributed by atoms with Crippen molar-refractivity contribution < 1.29 is 22.6 Å². The van der Waals surface area contributed by atoms with E-state index in [9.17, 15) is 8.42 Å². The summed E-state index contributed by atoms with van der Waals surface area (Å²) in [7, 11) is -0.474. The SMILES string of the molecule is C=CCCC(CCOc1ccc(Br)cc1)S(=O)(=O)N(Cc1ccc(OC)cc1)Cc1ccc(OC)cc1. The highest BCUT2D eigenvalue weighted by Crippen LogP contribution is 2.25. The van der Waals surface area contributed by atoms with E-state index in [2.05, 4.69) is 22.5 Å². The molecule has 0 saturated heterocycles. The molecule has 198 valence electrons. The molecule has 8 heteroatoms. The van der Waals surface area contributed by atoms with Crippen molar-refractivity contribution in [3.63, 3.8) is 0 Å². The molecular weight excluding hydrogens is 554 g/mol. The second kappa shape index (κ2) is 14.2. The zero-order valence-electron chi connectivity index (χ0n) is 21.3.